The molecule has 1 aliphatic rings. The smallest absolute Gasteiger partial charge is 0.249 e. The third kappa shape index (κ3) is 1.28. The van der Waals surface area contributed by atoms with Crippen LogP contribution in [0.25, 0.3) is 5.57 Å². The van der Waals surface area contributed by atoms with Crippen LogP contribution in [0.15, 0.2) is 22.7 Å². The van der Waals surface area contributed by atoms with Crippen molar-refractivity contribution in [2.24, 2.45) is 5.73 Å². The van der Waals surface area contributed by atoms with Gasteiger partial charge in [-0.3, -0.25) is 4.79 Å². The lowest BCUT2D eigenvalue weighted by molar-refractivity contribution is 0.0999. The second-order valence-corrected chi connectivity index (χ2v) is 4.26. The zero-order valence-corrected chi connectivity index (χ0v) is 9.39. The first-order chi connectivity index (χ1) is 6.61. The maximum Gasteiger partial charge on any atom is 0.249 e. The summed E-state index contributed by atoms with van der Waals surface area (Å²) < 4.78 is 1.03. The van der Waals surface area contributed by atoms with E-state index in [0.717, 1.165) is 22.0 Å². The Kier molecular flexibility index (Phi) is 2.19. The van der Waals surface area contributed by atoms with Crippen LogP contribution in [0.4, 0.5) is 0 Å². The van der Waals surface area contributed by atoms with Crippen LogP contribution in [0.5, 0.6) is 0 Å². The van der Waals surface area contributed by atoms with Gasteiger partial charge in [-0.15, -0.1) is 0 Å². The Morgan fingerprint density at radius 2 is 2.21 bits per heavy atom. The molecule has 3 heteroatoms. The fraction of sp³-hybridized carbons (Fsp3) is 0.182. The van der Waals surface area contributed by atoms with Crippen LogP contribution in [0.2, 0.25) is 0 Å². The summed E-state index contributed by atoms with van der Waals surface area (Å²) in [5.74, 6) is -0.350. The van der Waals surface area contributed by atoms with Crippen LogP contribution in [0, 0.1) is 0 Å². The summed E-state index contributed by atoms with van der Waals surface area (Å²) in [6.45, 7) is 2.04. The lowest BCUT2D eigenvalue weighted by Gasteiger charge is -2.08. The molecule has 14 heavy (non-hydrogen) atoms. The molecule has 0 heterocycles. The third-order valence-corrected chi connectivity index (χ3v) is 3.20. The van der Waals surface area contributed by atoms with Crippen molar-refractivity contribution < 1.29 is 4.79 Å². The number of hydrogen-bond acceptors (Lipinski definition) is 1. The van der Waals surface area contributed by atoms with E-state index in [1.165, 1.54) is 5.57 Å². The molecular weight excluding hydrogens is 242 g/mol. The number of primary amides is 1. The number of halogens is 1. The van der Waals surface area contributed by atoms with E-state index in [9.17, 15) is 4.79 Å². The molecule has 1 aliphatic carbocycles. The van der Waals surface area contributed by atoms with Crippen molar-refractivity contribution in [1.82, 2.24) is 0 Å². The number of allylic oxidation sites excluding steroid dienone is 2. The molecule has 0 radical (unpaired) electrons. The summed E-state index contributed by atoms with van der Waals surface area (Å²) in [6, 6.07) is 3.65. The summed E-state index contributed by atoms with van der Waals surface area (Å²) in [7, 11) is 0. The summed E-state index contributed by atoms with van der Waals surface area (Å²) in [5.41, 5.74) is 9.32. The topological polar surface area (TPSA) is 43.1 Å². The average molecular weight is 252 g/mol. The Hall–Kier alpha value is -1.09. The predicted molar refractivity (Wildman–Crippen MR) is 60.0 cm³/mol. The Labute approximate surface area is 90.9 Å². The second-order valence-electron chi connectivity index (χ2n) is 3.40. The summed E-state index contributed by atoms with van der Waals surface area (Å²) >= 11 is 3.48. The van der Waals surface area contributed by atoms with Crippen LogP contribution in [-0.4, -0.2) is 5.91 Å². The molecule has 0 saturated carbocycles. The molecule has 2 N–H and O–H groups in total. The molecule has 0 atom stereocenters. The van der Waals surface area contributed by atoms with Gasteiger partial charge in [0.25, 0.3) is 0 Å². The number of amides is 1. The third-order valence-electron chi connectivity index (χ3n) is 2.53. The molecule has 2 nitrogen and oxygen atoms in total. The van der Waals surface area contributed by atoms with Crippen molar-refractivity contribution in [2.75, 3.05) is 0 Å². The van der Waals surface area contributed by atoms with E-state index in [2.05, 4.69) is 22.0 Å². The lowest BCUT2D eigenvalue weighted by atomic mass is 10.0. The number of hydrogen-bond donors (Lipinski definition) is 1. The van der Waals surface area contributed by atoms with E-state index in [0.29, 0.717) is 5.56 Å². The van der Waals surface area contributed by atoms with Crippen LogP contribution < -0.4 is 5.73 Å². The fourth-order valence-electron chi connectivity index (χ4n) is 1.85. The molecule has 0 aliphatic heterocycles. The Bertz CT molecular complexity index is 449. The highest BCUT2D eigenvalue weighted by Gasteiger charge is 2.19. The number of carbonyl (C=O) groups excluding carboxylic acids is 1. The standard InChI is InChI=1S/C11H10BrNO/c1-6-2-3-7-8(11(13)14)4-5-9(12)10(6)7/h2,4-5H,3H2,1H3,(H2,13,14). The normalized spacial score (nSPS) is 13.7. The van der Waals surface area contributed by atoms with Gasteiger partial charge in [0.15, 0.2) is 0 Å². The fourth-order valence-corrected chi connectivity index (χ4v) is 2.53. The van der Waals surface area contributed by atoms with Crippen molar-refractivity contribution in [1.29, 1.82) is 0 Å². The van der Waals surface area contributed by atoms with Gasteiger partial charge in [0.1, 0.15) is 0 Å². The highest BCUT2D eigenvalue weighted by Crippen LogP contribution is 2.35. The van der Waals surface area contributed by atoms with E-state index in [1.54, 1.807) is 6.07 Å². The first kappa shape index (κ1) is 9.46. The van der Waals surface area contributed by atoms with Crippen molar-refractivity contribution in [3.05, 3.63) is 39.4 Å². The number of carbonyl (C=O) groups is 1. The molecule has 0 bridgehead atoms. The first-order valence-electron chi connectivity index (χ1n) is 4.39. The molecule has 1 aromatic rings. The zero-order valence-electron chi connectivity index (χ0n) is 7.80. The monoisotopic (exact) mass is 251 g/mol. The molecule has 1 aromatic carbocycles. The van der Waals surface area contributed by atoms with E-state index >= 15 is 0 Å². The molecule has 0 saturated heterocycles. The van der Waals surface area contributed by atoms with Gasteiger partial charge in [0.05, 0.1) is 0 Å². The number of benzene rings is 1. The minimum absolute atomic E-state index is 0.350. The predicted octanol–water partition coefficient (Wildman–Crippen LogP) is 2.51. The van der Waals surface area contributed by atoms with Gasteiger partial charge in [-0.1, -0.05) is 22.0 Å². The molecule has 2 rings (SSSR count). The van der Waals surface area contributed by atoms with Gasteiger partial charge in [-0.2, -0.15) is 0 Å². The minimum Gasteiger partial charge on any atom is -0.366 e. The van der Waals surface area contributed by atoms with Crippen molar-refractivity contribution in [3.8, 4) is 0 Å². The minimum atomic E-state index is -0.350. The highest BCUT2D eigenvalue weighted by atomic mass is 79.9. The van der Waals surface area contributed by atoms with Gasteiger partial charge >= 0.3 is 0 Å². The first-order valence-corrected chi connectivity index (χ1v) is 5.19. The Morgan fingerprint density at radius 3 is 2.86 bits per heavy atom. The van der Waals surface area contributed by atoms with E-state index in [1.807, 2.05) is 13.0 Å². The van der Waals surface area contributed by atoms with Gasteiger partial charge < -0.3 is 5.73 Å². The maximum atomic E-state index is 11.2. The Morgan fingerprint density at radius 1 is 1.50 bits per heavy atom. The van der Waals surface area contributed by atoms with Crippen molar-refractivity contribution in [3.63, 3.8) is 0 Å². The Balaban J connectivity index is 2.69. The summed E-state index contributed by atoms with van der Waals surface area (Å²) in [4.78, 5) is 11.2. The molecule has 0 spiro atoms. The number of fused-ring (bicyclic) bond motifs is 1. The average Bonchev–Trinajstić information content (AvgIpc) is 2.49. The zero-order chi connectivity index (χ0) is 10.3. The maximum absolute atomic E-state index is 11.2. The van der Waals surface area contributed by atoms with Gasteiger partial charge in [0.2, 0.25) is 5.91 Å². The van der Waals surface area contributed by atoms with Gasteiger partial charge in [-0.05, 0) is 42.2 Å². The number of rotatable bonds is 1. The van der Waals surface area contributed by atoms with Crippen LogP contribution in [0.1, 0.15) is 28.4 Å². The molecule has 0 unspecified atom stereocenters. The molecule has 72 valence electrons. The van der Waals surface area contributed by atoms with Gasteiger partial charge in [-0.25, -0.2) is 0 Å². The molecular formula is C11H10BrNO. The van der Waals surface area contributed by atoms with Crippen LogP contribution in [0.3, 0.4) is 0 Å². The SMILES string of the molecule is CC1=CCc2c(C(N)=O)ccc(Br)c21. The molecule has 0 fully saturated rings. The van der Waals surface area contributed by atoms with E-state index in [-0.39, 0.29) is 5.91 Å². The second kappa shape index (κ2) is 3.24. The van der Waals surface area contributed by atoms with Crippen LogP contribution >= 0.6 is 15.9 Å². The number of nitrogens with two attached hydrogens (primary N) is 1. The van der Waals surface area contributed by atoms with Crippen molar-refractivity contribution in [2.45, 2.75) is 13.3 Å². The van der Waals surface area contributed by atoms with E-state index in [4.69, 9.17) is 5.73 Å². The quantitative estimate of drug-likeness (QED) is 0.819. The molecule has 0 aromatic heterocycles. The van der Waals surface area contributed by atoms with Crippen LogP contribution in [-0.2, 0) is 6.42 Å². The summed E-state index contributed by atoms with van der Waals surface area (Å²) in [5, 5.41) is 0. The largest absolute Gasteiger partial charge is 0.366 e. The van der Waals surface area contributed by atoms with E-state index < -0.39 is 0 Å². The van der Waals surface area contributed by atoms with Crippen molar-refractivity contribution >= 4 is 27.4 Å². The van der Waals surface area contributed by atoms with Gasteiger partial charge in [0, 0.05) is 10.0 Å². The highest BCUT2D eigenvalue weighted by molar-refractivity contribution is 9.10. The summed E-state index contributed by atoms with van der Waals surface area (Å²) in [6.07, 6.45) is 2.92. The molecule has 1 amide bonds. The lowest BCUT2D eigenvalue weighted by Crippen LogP contribution is -2.13.